The van der Waals surface area contributed by atoms with Gasteiger partial charge in [0.05, 0.1) is 5.54 Å². The van der Waals surface area contributed by atoms with Crippen LogP contribution < -0.4 is 11.1 Å². The van der Waals surface area contributed by atoms with E-state index in [1.165, 1.54) is 19.3 Å². The Morgan fingerprint density at radius 2 is 1.81 bits per heavy atom. The van der Waals surface area contributed by atoms with Crippen molar-refractivity contribution in [3.63, 3.8) is 0 Å². The van der Waals surface area contributed by atoms with Crippen molar-refractivity contribution in [1.29, 1.82) is 0 Å². The Morgan fingerprint density at radius 1 is 1.31 bits per heavy atom. The van der Waals surface area contributed by atoms with Crippen molar-refractivity contribution < 1.29 is 4.79 Å². The average Bonchev–Trinajstić information content (AvgIpc) is 2.17. The van der Waals surface area contributed by atoms with E-state index in [1.807, 2.05) is 0 Å². The van der Waals surface area contributed by atoms with Crippen molar-refractivity contribution in [2.24, 2.45) is 11.7 Å². The van der Waals surface area contributed by atoms with Gasteiger partial charge in [0.15, 0.2) is 0 Å². The van der Waals surface area contributed by atoms with Gasteiger partial charge in [0.1, 0.15) is 0 Å². The lowest BCUT2D eigenvalue weighted by Gasteiger charge is -2.30. The van der Waals surface area contributed by atoms with E-state index < -0.39 is 5.54 Å². The van der Waals surface area contributed by atoms with E-state index >= 15 is 0 Å². The number of hydrogen-bond acceptors (Lipinski definition) is 2. The lowest BCUT2D eigenvalue weighted by atomic mass is 9.84. The molecule has 0 aliphatic heterocycles. The molecular weight excluding hydrogens is 224 g/mol. The van der Waals surface area contributed by atoms with Gasteiger partial charge in [0, 0.05) is 6.04 Å². The van der Waals surface area contributed by atoms with E-state index in [4.69, 9.17) is 5.73 Å². The molecule has 0 radical (unpaired) electrons. The minimum absolute atomic E-state index is 0. The Kier molecular flexibility index (Phi) is 6.34. The molecule has 0 bridgehead atoms. The van der Waals surface area contributed by atoms with Gasteiger partial charge >= 0.3 is 0 Å². The van der Waals surface area contributed by atoms with Crippen LogP contribution in [0.1, 0.15) is 52.9 Å². The summed E-state index contributed by atoms with van der Waals surface area (Å²) < 4.78 is 0. The van der Waals surface area contributed by atoms with Gasteiger partial charge in [0.2, 0.25) is 5.91 Å². The quantitative estimate of drug-likeness (QED) is 0.805. The fourth-order valence-corrected chi connectivity index (χ4v) is 2.09. The maximum atomic E-state index is 11.6. The first-order chi connectivity index (χ1) is 6.93. The van der Waals surface area contributed by atoms with Crippen molar-refractivity contribution in [3.05, 3.63) is 0 Å². The van der Waals surface area contributed by atoms with Gasteiger partial charge < -0.3 is 11.1 Å². The van der Waals surface area contributed by atoms with E-state index in [2.05, 4.69) is 12.2 Å². The number of carbonyl (C=O) groups is 1. The highest BCUT2D eigenvalue weighted by Gasteiger charge is 2.26. The van der Waals surface area contributed by atoms with Gasteiger partial charge in [0.25, 0.3) is 0 Å². The molecule has 1 rings (SSSR count). The lowest BCUT2D eigenvalue weighted by molar-refractivity contribution is -0.126. The molecular formula is C12H25ClN2O. The highest BCUT2D eigenvalue weighted by molar-refractivity contribution is 5.85. The van der Waals surface area contributed by atoms with Crippen LogP contribution in [0.5, 0.6) is 0 Å². The van der Waals surface area contributed by atoms with Crippen LogP contribution in [-0.2, 0) is 4.79 Å². The molecule has 16 heavy (non-hydrogen) atoms. The third-order valence-corrected chi connectivity index (χ3v) is 3.34. The van der Waals surface area contributed by atoms with Gasteiger partial charge in [-0.05, 0) is 45.4 Å². The highest BCUT2D eigenvalue weighted by Crippen LogP contribution is 2.26. The summed E-state index contributed by atoms with van der Waals surface area (Å²) in [6.45, 7) is 5.74. The molecule has 3 nitrogen and oxygen atoms in total. The molecule has 0 saturated heterocycles. The molecule has 0 unspecified atom stereocenters. The van der Waals surface area contributed by atoms with Crippen LogP contribution >= 0.6 is 12.4 Å². The van der Waals surface area contributed by atoms with Crippen LogP contribution in [0, 0.1) is 5.92 Å². The van der Waals surface area contributed by atoms with Crippen molar-refractivity contribution in [2.75, 3.05) is 0 Å². The van der Waals surface area contributed by atoms with Crippen LogP contribution in [0.2, 0.25) is 0 Å². The third-order valence-electron chi connectivity index (χ3n) is 3.34. The highest BCUT2D eigenvalue weighted by atomic mass is 35.5. The van der Waals surface area contributed by atoms with Crippen LogP contribution in [0.3, 0.4) is 0 Å². The molecule has 1 amide bonds. The number of carbonyl (C=O) groups excluding carboxylic acids is 1. The van der Waals surface area contributed by atoms with Crippen LogP contribution in [0.15, 0.2) is 0 Å². The van der Waals surface area contributed by atoms with Crippen molar-refractivity contribution >= 4 is 18.3 Å². The molecule has 4 heteroatoms. The maximum absolute atomic E-state index is 11.6. The minimum Gasteiger partial charge on any atom is -0.352 e. The predicted molar refractivity (Wildman–Crippen MR) is 69.7 cm³/mol. The van der Waals surface area contributed by atoms with Gasteiger partial charge in [-0.2, -0.15) is 0 Å². The Bertz CT molecular complexity index is 218. The first kappa shape index (κ1) is 15.7. The van der Waals surface area contributed by atoms with Gasteiger partial charge in [-0.15, -0.1) is 12.4 Å². The monoisotopic (exact) mass is 248 g/mol. The number of amides is 1. The van der Waals surface area contributed by atoms with E-state index in [9.17, 15) is 4.79 Å². The molecule has 96 valence electrons. The summed E-state index contributed by atoms with van der Waals surface area (Å²) in [6, 6.07) is 0.350. The summed E-state index contributed by atoms with van der Waals surface area (Å²) >= 11 is 0. The average molecular weight is 249 g/mol. The van der Waals surface area contributed by atoms with E-state index in [1.54, 1.807) is 13.8 Å². The maximum Gasteiger partial charge on any atom is 0.239 e. The smallest absolute Gasteiger partial charge is 0.239 e. The number of nitrogens with one attached hydrogen (secondary N) is 1. The second-order valence-electron chi connectivity index (χ2n) is 5.32. The SMILES string of the molecule is CCC1CCC(NC(=O)C(C)(C)N)CC1.Cl. The van der Waals surface area contributed by atoms with E-state index in [0.29, 0.717) is 6.04 Å². The molecule has 0 aromatic carbocycles. The summed E-state index contributed by atoms with van der Waals surface area (Å²) in [6.07, 6.45) is 5.97. The summed E-state index contributed by atoms with van der Waals surface area (Å²) in [5.74, 6) is 0.839. The Labute approximate surface area is 105 Å². The number of rotatable bonds is 3. The second kappa shape index (κ2) is 6.45. The Morgan fingerprint density at radius 3 is 2.19 bits per heavy atom. The molecule has 1 aliphatic rings. The third kappa shape index (κ3) is 4.71. The molecule has 0 heterocycles. The largest absolute Gasteiger partial charge is 0.352 e. The zero-order valence-corrected chi connectivity index (χ0v) is 11.4. The second-order valence-corrected chi connectivity index (χ2v) is 5.32. The zero-order chi connectivity index (χ0) is 11.5. The van der Waals surface area contributed by atoms with Gasteiger partial charge in [-0.3, -0.25) is 4.79 Å². The van der Waals surface area contributed by atoms with Crippen molar-refractivity contribution in [2.45, 2.75) is 64.5 Å². The first-order valence-electron chi connectivity index (χ1n) is 6.03. The number of halogens is 1. The Balaban J connectivity index is 0.00000225. The zero-order valence-electron chi connectivity index (χ0n) is 10.6. The van der Waals surface area contributed by atoms with Crippen LogP contribution in [0.25, 0.3) is 0 Å². The van der Waals surface area contributed by atoms with Crippen LogP contribution in [0.4, 0.5) is 0 Å². The predicted octanol–water partition coefficient (Wildman–Crippen LogP) is 2.23. The molecule has 0 aromatic heterocycles. The molecule has 0 aromatic rings. The normalized spacial score (nSPS) is 25.8. The lowest BCUT2D eigenvalue weighted by Crippen LogP contribution is -2.52. The fourth-order valence-electron chi connectivity index (χ4n) is 2.09. The van der Waals surface area contributed by atoms with Crippen molar-refractivity contribution in [3.8, 4) is 0 Å². The molecule has 3 N–H and O–H groups in total. The van der Waals surface area contributed by atoms with Gasteiger partial charge in [-0.25, -0.2) is 0 Å². The standard InChI is InChI=1S/C12H24N2O.ClH/c1-4-9-5-7-10(8-6-9)14-11(15)12(2,3)13;/h9-10H,4-8,13H2,1-3H3,(H,14,15);1H. The van der Waals surface area contributed by atoms with Crippen LogP contribution in [-0.4, -0.2) is 17.5 Å². The van der Waals surface area contributed by atoms with Gasteiger partial charge in [-0.1, -0.05) is 13.3 Å². The summed E-state index contributed by atoms with van der Waals surface area (Å²) in [5, 5.41) is 3.04. The molecule has 1 saturated carbocycles. The summed E-state index contributed by atoms with van der Waals surface area (Å²) in [7, 11) is 0. The number of hydrogen-bond donors (Lipinski definition) is 2. The molecule has 1 aliphatic carbocycles. The summed E-state index contributed by atoms with van der Waals surface area (Å²) in [4.78, 5) is 11.6. The fraction of sp³-hybridized carbons (Fsp3) is 0.917. The van der Waals surface area contributed by atoms with E-state index in [-0.39, 0.29) is 18.3 Å². The molecule has 0 atom stereocenters. The first-order valence-corrected chi connectivity index (χ1v) is 6.03. The van der Waals surface area contributed by atoms with E-state index in [0.717, 1.165) is 18.8 Å². The number of nitrogens with two attached hydrogens (primary N) is 1. The topological polar surface area (TPSA) is 55.1 Å². The molecule has 0 spiro atoms. The summed E-state index contributed by atoms with van der Waals surface area (Å²) in [5.41, 5.74) is 4.99. The Hall–Kier alpha value is -0.280. The minimum atomic E-state index is -0.748. The molecule has 1 fully saturated rings. The van der Waals surface area contributed by atoms with Crippen molar-refractivity contribution in [1.82, 2.24) is 5.32 Å².